The van der Waals surface area contributed by atoms with Crippen LogP contribution in [0.15, 0.2) is 46.9 Å². The summed E-state index contributed by atoms with van der Waals surface area (Å²) in [5.74, 6) is 0.797. The molecule has 0 atom stereocenters. The third-order valence-electron chi connectivity index (χ3n) is 3.76. The van der Waals surface area contributed by atoms with Crippen LogP contribution in [0.25, 0.3) is 0 Å². The molecule has 0 saturated carbocycles. The first-order valence-electron chi connectivity index (χ1n) is 8.98. The van der Waals surface area contributed by atoms with E-state index in [2.05, 4.69) is 32.1 Å². The molecule has 2 amide bonds. The van der Waals surface area contributed by atoms with Gasteiger partial charge in [-0.2, -0.15) is 0 Å². The number of hydrogen-bond acceptors (Lipinski definition) is 6. The predicted molar refractivity (Wildman–Crippen MR) is 120 cm³/mol. The molecule has 3 N–H and O–H groups in total. The van der Waals surface area contributed by atoms with Gasteiger partial charge in [0.1, 0.15) is 17.2 Å². The maximum Gasteiger partial charge on any atom is 0.276 e. The minimum absolute atomic E-state index is 0.0693. The van der Waals surface area contributed by atoms with E-state index in [1.165, 1.54) is 0 Å². The second-order valence-electron chi connectivity index (χ2n) is 5.92. The molecule has 0 aromatic heterocycles. The number of carbonyl (C=O) groups excluding carboxylic acids is 2. The minimum atomic E-state index is -0.478. The van der Waals surface area contributed by atoms with Gasteiger partial charge < -0.3 is 14.2 Å². The van der Waals surface area contributed by atoms with E-state index in [1.54, 1.807) is 37.4 Å². The summed E-state index contributed by atoms with van der Waals surface area (Å²) in [7, 11) is 1.56. The first kappa shape index (κ1) is 23.4. The van der Waals surface area contributed by atoms with E-state index in [1.807, 2.05) is 19.1 Å². The molecule has 0 aliphatic carbocycles. The molecule has 0 aliphatic heterocycles. The Hall–Kier alpha value is -2.85. The Bertz CT molecular complexity index is 893. The van der Waals surface area contributed by atoms with Gasteiger partial charge in [-0.25, -0.2) is 0 Å². The summed E-state index contributed by atoms with van der Waals surface area (Å²) in [4.78, 5) is 23.7. The van der Waals surface area contributed by atoms with E-state index < -0.39 is 11.8 Å². The molecular formula is C20H22BrN3O5S. The van der Waals surface area contributed by atoms with Crippen LogP contribution in [0.5, 0.6) is 17.2 Å². The third-order valence-corrected chi connectivity index (χ3v) is 4.58. The number of methoxy groups -OCH3 is 1. The van der Waals surface area contributed by atoms with Gasteiger partial charge in [-0.15, -0.1) is 0 Å². The number of aryl methyl sites for hydroxylation is 1. The summed E-state index contributed by atoms with van der Waals surface area (Å²) in [6, 6.07) is 12.4. The van der Waals surface area contributed by atoms with Crippen molar-refractivity contribution in [1.29, 1.82) is 0 Å². The minimum Gasteiger partial charge on any atom is -0.497 e. The second kappa shape index (κ2) is 12.0. The van der Waals surface area contributed by atoms with Crippen molar-refractivity contribution < 1.29 is 23.8 Å². The van der Waals surface area contributed by atoms with Crippen LogP contribution >= 0.6 is 28.1 Å². The van der Waals surface area contributed by atoms with Gasteiger partial charge in [0.15, 0.2) is 18.3 Å². The standard InChI is InChI=1S/C20H22BrN3O5S/c1-3-13-4-9-17(16(21)10-13)29-12-19(26)23-24-20(30)22-18(25)11-28-15-7-5-14(27-2)6-8-15/h4-10H,3,11-12H2,1-2H3,(H,23,26)(H2,22,24,25,30). The van der Waals surface area contributed by atoms with Crippen LogP contribution in [-0.2, 0) is 16.0 Å². The third kappa shape index (κ3) is 7.88. The average Bonchev–Trinajstić information content (AvgIpc) is 2.75. The van der Waals surface area contributed by atoms with Crippen LogP contribution < -0.4 is 30.4 Å². The molecule has 2 aromatic rings. The van der Waals surface area contributed by atoms with Gasteiger partial charge >= 0.3 is 0 Å². The molecule has 0 heterocycles. The number of benzene rings is 2. The Balaban J connectivity index is 1.66. The van der Waals surface area contributed by atoms with Gasteiger partial charge in [0.25, 0.3) is 11.8 Å². The van der Waals surface area contributed by atoms with Crippen molar-refractivity contribution in [3.8, 4) is 17.2 Å². The summed E-state index contributed by atoms with van der Waals surface area (Å²) >= 11 is 8.37. The fourth-order valence-corrected chi connectivity index (χ4v) is 2.91. The van der Waals surface area contributed by atoms with Gasteiger partial charge in [-0.05, 0) is 76.5 Å². The Labute approximate surface area is 188 Å². The molecule has 2 rings (SSSR count). The highest BCUT2D eigenvalue weighted by Gasteiger charge is 2.09. The number of halogens is 1. The van der Waals surface area contributed by atoms with E-state index in [4.69, 9.17) is 26.4 Å². The summed E-state index contributed by atoms with van der Waals surface area (Å²) in [6.07, 6.45) is 0.900. The Morgan fingerprint density at radius 2 is 1.63 bits per heavy atom. The highest BCUT2D eigenvalue weighted by molar-refractivity contribution is 9.10. The van der Waals surface area contributed by atoms with Crippen molar-refractivity contribution in [2.75, 3.05) is 20.3 Å². The molecule has 0 spiro atoms. The highest BCUT2D eigenvalue weighted by Crippen LogP contribution is 2.26. The van der Waals surface area contributed by atoms with Crippen molar-refractivity contribution >= 4 is 45.1 Å². The zero-order valence-corrected chi connectivity index (χ0v) is 18.9. The van der Waals surface area contributed by atoms with Crippen LogP contribution in [0.3, 0.4) is 0 Å². The monoisotopic (exact) mass is 495 g/mol. The van der Waals surface area contributed by atoms with Crippen LogP contribution in [-0.4, -0.2) is 37.3 Å². The van der Waals surface area contributed by atoms with E-state index in [-0.39, 0.29) is 18.3 Å². The molecule has 0 saturated heterocycles. The van der Waals surface area contributed by atoms with Crippen molar-refractivity contribution in [1.82, 2.24) is 16.2 Å². The molecule has 0 bridgehead atoms. The molecule has 0 unspecified atom stereocenters. The molecule has 30 heavy (non-hydrogen) atoms. The number of thiocarbonyl (C=S) groups is 1. The largest absolute Gasteiger partial charge is 0.497 e. The quantitative estimate of drug-likeness (QED) is 0.382. The summed E-state index contributed by atoms with van der Waals surface area (Å²) in [5, 5.41) is 2.32. The first-order chi connectivity index (χ1) is 14.4. The maximum atomic E-state index is 11.9. The van der Waals surface area contributed by atoms with E-state index in [9.17, 15) is 9.59 Å². The van der Waals surface area contributed by atoms with Crippen molar-refractivity contribution in [3.05, 3.63) is 52.5 Å². The molecule has 0 fully saturated rings. The molecule has 0 aliphatic rings. The summed E-state index contributed by atoms with van der Waals surface area (Å²) in [6.45, 7) is 1.58. The normalized spacial score (nSPS) is 9.97. The number of rotatable bonds is 8. The summed E-state index contributed by atoms with van der Waals surface area (Å²) < 4.78 is 16.6. The lowest BCUT2D eigenvalue weighted by atomic mass is 10.2. The zero-order valence-electron chi connectivity index (χ0n) is 16.5. The number of carbonyl (C=O) groups is 2. The topological polar surface area (TPSA) is 97.9 Å². The smallest absolute Gasteiger partial charge is 0.276 e. The van der Waals surface area contributed by atoms with Gasteiger partial charge in [-0.3, -0.25) is 25.8 Å². The lowest BCUT2D eigenvalue weighted by Crippen LogP contribution is -2.50. The number of hydrogen-bond donors (Lipinski definition) is 3. The number of ether oxygens (including phenoxy) is 3. The lowest BCUT2D eigenvalue weighted by molar-refractivity contribution is -0.124. The summed E-state index contributed by atoms with van der Waals surface area (Å²) in [5.41, 5.74) is 5.93. The first-order valence-corrected chi connectivity index (χ1v) is 10.2. The van der Waals surface area contributed by atoms with Crippen LogP contribution in [0.2, 0.25) is 0 Å². The number of amides is 2. The van der Waals surface area contributed by atoms with Gasteiger partial charge in [0, 0.05) is 0 Å². The Kier molecular flexibility index (Phi) is 9.36. The second-order valence-corrected chi connectivity index (χ2v) is 7.18. The molecule has 8 nitrogen and oxygen atoms in total. The maximum absolute atomic E-state index is 11.9. The van der Waals surface area contributed by atoms with Gasteiger partial charge in [0.2, 0.25) is 0 Å². The molecule has 160 valence electrons. The predicted octanol–water partition coefficient (Wildman–Crippen LogP) is 2.50. The van der Waals surface area contributed by atoms with E-state index >= 15 is 0 Å². The van der Waals surface area contributed by atoms with E-state index in [0.29, 0.717) is 17.2 Å². The van der Waals surface area contributed by atoms with Crippen molar-refractivity contribution in [3.63, 3.8) is 0 Å². The van der Waals surface area contributed by atoms with Gasteiger partial charge in [-0.1, -0.05) is 13.0 Å². The van der Waals surface area contributed by atoms with Crippen molar-refractivity contribution in [2.45, 2.75) is 13.3 Å². The fourth-order valence-electron chi connectivity index (χ4n) is 2.20. The number of nitrogens with one attached hydrogen (secondary N) is 3. The highest BCUT2D eigenvalue weighted by atomic mass is 79.9. The molecular weight excluding hydrogens is 474 g/mol. The zero-order chi connectivity index (χ0) is 21.9. The van der Waals surface area contributed by atoms with Crippen LogP contribution in [0.4, 0.5) is 0 Å². The van der Waals surface area contributed by atoms with Gasteiger partial charge in [0.05, 0.1) is 11.6 Å². The number of hydrazine groups is 1. The van der Waals surface area contributed by atoms with E-state index in [0.717, 1.165) is 16.5 Å². The fraction of sp³-hybridized carbons (Fsp3) is 0.250. The molecule has 10 heteroatoms. The lowest BCUT2D eigenvalue weighted by Gasteiger charge is -2.12. The van der Waals surface area contributed by atoms with Crippen molar-refractivity contribution in [2.24, 2.45) is 0 Å². The molecule has 2 aromatic carbocycles. The van der Waals surface area contributed by atoms with Crippen LogP contribution in [0.1, 0.15) is 12.5 Å². The molecule has 0 radical (unpaired) electrons. The average molecular weight is 496 g/mol. The SMILES string of the molecule is CCc1ccc(OCC(=O)NNC(=S)NC(=O)COc2ccc(OC)cc2)c(Br)c1. The Morgan fingerprint density at radius 3 is 2.27 bits per heavy atom. The van der Waals surface area contributed by atoms with Crippen LogP contribution in [0, 0.1) is 0 Å². The Morgan fingerprint density at radius 1 is 0.967 bits per heavy atom.